The third-order valence-electron chi connectivity index (χ3n) is 7.47. The molecule has 0 saturated carbocycles. The zero-order chi connectivity index (χ0) is 30.3. The van der Waals surface area contributed by atoms with Gasteiger partial charge in [0.1, 0.15) is 6.54 Å². The van der Waals surface area contributed by atoms with E-state index in [2.05, 4.69) is 19.9 Å². The highest BCUT2D eigenvalue weighted by molar-refractivity contribution is 7.10. The lowest BCUT2D eigenvalue weighted by atomic mass is 10.0. The molecule has 0 aliphatic heterocycles. The van der Waals surface area contributed by atoms with E-state index >= 15 is 0 Å². The quantitative estimate of drug-likeness (QED) is 0.156. The second-order valence-corrected chi connectivity index (χ2v) is 11.5. The van der Waals surface area contributed by atoms with Gasteiger partial charge in [-0.15, -0.1) is 11.3 Å². The van der Waals surface area contributed by atoms with E-state index in [0.717, 1.165) is 28.8 Å². The summed E-state index contributed by atoms with van der Waals surface area (Å²) in [5, 5.41) is 2.05. The molecular weight excluding hydrogens is 548 g/mol. The molecule has 3 rings (SSSR count). The van der Waals surface area contributed by atoms with Crippen molar-refractivity contribution in [3.63, 3.8) is 0 Å². The smallest absolute Gasteiger partial charge is 0.254 e. The predicted molar refractivity (Wildman–Crippen MR) is 170 cm³/mol. The molecule has 0 saturated heterocycles. The van der Waals surface area contributed by atoms with Gasteiger partial charge >= 0.3 is 0 Å². The van der Waals surface area contributed by atoms with Crippen molar-refractivity contribution in [2.24, 2.45) is 0 Å². The van der Waals surface area contributed by atoms with E-state index in [1.54, 1.807) is 37.6 Å². The van der Waals surface area contributed by atoms with Gasteiger partial charge in [0.05, 0.1) is 27.4 Å². The summed E-state index contributed by atoms with van der Waals surface area (Å²) in [7, 11) is 4.83. The van der Waals surface area contributed by atoms with E-state index < -0.39 is 0 Å². The van der Waals surface area contributed by atoms with Crippen molar-refractivity contribution in [1.82, 2.24) is 9.80 Å². The maximum atomic E-state index is 13.8. The second-order valence-electron chi connectivity index (χ2n) is 10.5. The van der Waals surface area contributed by atoms with Gasteiger partial charge in [0.15, 0.2) is 11.5 Å². The minimum absolute atomic E-state index is 0.0165. The molecule has 2 aromatic carbocycles. The molecule has 42 heavy (non-hydrogen) atoms. The molecule has 0 spiro atoms. The lowest BCUT2D eigenvalue weighted by Gasteiger charge is -2.28. The summed E-state index contributed by atoms with van der Waals surface area (Å²) in [6, 6.07) is 15.7. The Balaban J connectivity index is 1.74. The molecule has 0 atom stereocenters. The number of carbonyl (C=O) groups excluding carboxylic acids is 2. The van der Waals surface area contributed by atoms with Crippen molar-refractivity contribution in [1.29, 1.82) is 0 Å². The first-order valence-corrected chi connectivity index (χ1v) is 15.7. The third-order valence-corrected chi connectivity index (χ3v) is 8.48. The topological polar surface area (TPSA) is 68.3 Å². The van der Waals surface area contributed by atoms with Crippen LogP contribution < -0.4 is 9.47 Å². The molecule has 1 heterocycles. The zero-order valence-corrected chi connectivity index (χ0v) is 26.6. The minimum atomic E-state index is -0.162. The summed E-state index contributed by atoms with van der Waals surface area (Å²) in [6.45, 7) is 5.94. The highest BCUT2D eigenvalue weighted by Gasteiger charge is 2.23. The fourth-order valence-electron chi connectivity index (χ4n) is 4.80. The Kier molecular flexibility index (Phi) is 13.9. The van der Waals surface area contributed by atoms with Gasteiger partial charge in [-0.05, 0) is 78.6 Å². The van der Waals surface area contributed by atoms with E-state index in [-0.39, 0.29) is 18.4 Å². The fraction of sp³-hybridized carbons (Fsp3) is 0.471. The molecule has 2 amide bonds. The third kappa shape index (κ3) is 9.88. The van der Waals surface area contributed by atoms with Crippen molar-refractivity contribution < 1.29 is 23.8 Å². The van der Waals surface area contributed by atoms with E-state index in [9.17, 15) is 9.59 Å². The van der Waals surface area contributed by atoms with Gasteiger partial charge in [-0.2, -0.15) is 0 Å². The molecule has 7 nitrogen and oxygen atoms in total. The van der Waals surface area contributed by atoms with Crippen LogP contribution in [0.1, 0.15) is 64.5 Å². The highest BCUT2D eigenvalue weighted by atomic mass is 32.1. The largest absolute Gasteiger partial charge is 0.493 e. The van der Waals surface area contributed by atoms with Crippen LogP contribution in [0.3, 0.4) is 0 Å². The number of carbonyl (C=O) groups is 2. The fourth-order valence-corrected chi connectivity index (χ4v) is 5.72. The SMILES string of the molecule is CCCCCCc1ccc(C(=O)N(CCOC)CC(=O)N(CCc2ccc(OC)c(OC)c2)Cc2sccc2C)cc1. The first-order chi connectivity index (χ1) is 20.4. The van der Waals surface area contributed by atoms with Crippen LogP contribution in [-0.2, 0) is 28.9 Å². The molecule has 3 aromatic rings. The number of hydrogen-bond donors (Lipinski definition) is 0. The summed E-state index contributed by atoms with van der Waals surface area (Å²) in [4.78, 5) is 32.0. The number of rotatable bonds is 18. The van der Waals surface area contributed by atoms with Crippen molar-refractivity contribution in [3.05, 3.63) is 81.0 Å². The maximum Gasteiger partial charge on any atom is 0.254 e. The van der Waals surface area contributed by atoms with E-state index in [4.69, 9.17) is 14.2 Å². The van der Waals surface area contributed by atoms with Gasteiger partial charge in [0.2, 0.25) is 5.91 Å². The molecule has 0 aliphatic carbocycles. The highest BCUT2D eigenvalue weighted by Crippen LogP contribution is 2.28. The van der Waals surface area contributed by atoms with E-state index in [1.165, 1.54) is 24.8 Å². The van der Waals surface area contributed by atoms with Gasteiger partial charge < -0.3 is 24.0 Å². The minimum Gasteiger partial charge on any atom is -0.493 e. The normalized spacial score (nSPS) is 10.9. The van der Waals surface area contributed by atoms with Crippen LogP contribution in [0.5, 0.6) is 11.5 Å². The first kappa shape index (κ1) is 33.1. The molecule has 0 fully saturated rings. The number of ether oxygens (including phenoxy) is 3. The standard InChI is InChI=1S/C34H46N2O5S/c1-6-7-8-9-10-27-11-14-29(15-12-27)34(38)36(20-21-39-3)25-33(37)35(24-32-26(2)18-22-42-32)19-17-28-13-16-30(40-4)31(23-28)41-5/h11-16,18,22-23H,6-10,17,19-21,24-25H2,1-5H3. The van der Waals surface area contributed by atoms with Gasteiger partial charge in [-0.1, -0.05) is 44.4 Å². The lowest BCUT2D eigenvalue weighted by Crippen LogP contribution is -2.44. The Morgan fingerprint density at radius 1 is 0.810 bits per heavy atom. The number of methoxy groups -OCH3 is 3. The number of nitrogens with zero attached hydrogens (tertiary/aromatic N) is 2. The number of aryl methyl sites for hydroxylation is 2. The van der Waals surface area contributed by atoms with Crippen molar-refractivity contribution in [2.45, 2.75) is 58.9 Å². The van der Waals surface area contributed by atoms with Gasteiger partial charge in [-0.3, -0.25) is 9.59 Å². The molecule has 0 radical (unpaired) electrons. The van der Waals surface area contributed by atoms with Crippen LogP contribution in [0.25, 0.3) is 0 Å². The molecule has 1 aromatic heterocycles. The van der Waals surface area contributed by atoms with Gasteiger partial charge in [0.25, 0.3) is 5.91 Å². The summed E-state index contributed by atoms with van der Waals surface area (Å²) >= 11 is 1.64. The maximum absolute atomic E-state index is 13.8. The molecule has 0 bridgehead atoms. The van der Waals surface area contributed by atoms with E-state index in [1.807, 2.05) is 52.7 Å². The van der Waals surface area contributed by atoms with Crippen molar-refractivity contribution >= 4 is 23.2 Å². The number of amides is 2. The number of hydrogen-bond acceptors (Lipinski definition) is 6. The van der Waals surface area contributed by atoms with Gasteiger partial charge in [-0.25, -0.2) is 0 Å². The molecule has 0 N–H and O–H groups in total. The summed E-state index contributed by atoms with van der Waals surface area (Å²) in [6.07, 6.45) is 6.48. The second kappa shape index (κ2) is 17.6. The van der Waals surface area contributed by atoms with E-state index in [0.29, 0.717) is 49.7 Å². The van der Waals surface area contributed by atoms with Gasteiger partial charge in [0, 0.05) is 30.6 Å². The lowest BCUT2D eigenvalue weighted by molar-refractivity contribution is -0.132. The van der Waals surface area contributed by atoms with Crippen LogP contribution in [0.2, 0.25) is 0 Å². The summed E-state index contributed by atoms with van der Waals surface area (Å²) < 4.78 is 16.1. The van der Waals surface area contributed by atoms with Crippen LogP contribution in [0.4, 0.5) is 0 Å². The average molecular weight is 595 g/mol. The summed E-state index contributed by atoms with van der Waals surface area (Å²) in [5.41, 5.74) is 4.01. The first-order valence-electron chi connectivity index (χ1n) is 14.8. The Bertz CT molecular complexity index is 1260. The van der Waals surface area contributed by atoms with Crippen LogP contribution in [0, 0.1) is 6.92 Å². The monoisotopic (exact) mass is 594 g/mol. The van der Waals surface area contributed by atoms with Crippen LogP contribution >= 0.6 is 11.3 Å². The van der Waals surface area contributed by atoms with Crippen molar-refractivity contribution in [3.8, 4) is 11.5 Å². The molecular formula is C34H46N2O5S. The average Bonchev–Trinajstić information content (AvgIpc) is 3.42. The molecule has 0 aliphatic rings. The number of thiophene rings is 1. The van der Waals surface area contributed by atoms with Crippen molar-refractivity contribution in [2.75, 3.05) is 47.6 Å². The molecule has 0 unspecified atom stereocenters. The Labute approximate surface area is 255 Å². The van der Waals surface area contributed by atoms with Crippen LogP contribution in [-0.4, -0.2) is 69.2 Å². The Morgan fingerprint density at radius 3 is 2.19 bits per heavy atom. The number of benzene rings is 2. The zero-order valence-electron chi connectivity index (χ0n) is 25.8. The molecule has 8 heteroatoms. The number of unbranched alkanes of at least 4 members (excludes halogenated alkanes) is 3. The predicted octanol–water partition coefficient (Wildman–Crippen LogP) is 6.56. The van der Waals surface area contributed by atoms with Crippen LogP contribution in [0.15, 0.2) is 53.9 Å². The Morgan fingerprint density at radius 2 is 1.55 bits per heavy atom. The summed E-state index contributed by atoms with van der Waals surface area (Å²) in [5.74, 6) is 1.07. The Hall–Kier alpha value is -3.36. The molecule has 228 valence electrons.